The van der Waals surface area contributed by atoms with Gasteiger partial charge in [-0.1, -0.05) is 95.8 Å². The van der Waals surface area contributed by atoms with Crippen molar-refractivity contribution >= 4 is 17.8 Å². The molecule has 0 bridgehead atoms. The van der Waals surface area contributed by atoms with Crippen LogP contribution in [0.25, 0.3) is 22.5 Å². The lowest BCUT2D eigenvalue weighted by Crippen LogP contribution is -2.48. The molecule has 0 radical (unpaired) electrons. The highest BCUT2D eigenvalue weighted by Crippen LogP contribution is 2.27. The number of ether oxygens (including phenoxy) is 1. The average molecular weight is 683 g/mol. The smallest absolute Gasteiger partial charge is 0.305 e. The third-order valence-electron chi connectivity index (χ3n) is 8.35. The minimum absolute atomic E-state index is 0.0587. The summed E-state index contributed by atoms with van der Waals surface area (Å²) in [5, 5.41) is 14.4. The highest BCUT2D eigenvalue weighted by molar-refractivity contribution is 5.97. The van der Waals surface area contributed by atoms with Crippen molar-refractivity contribution in [1.82, 2.24) is 20.6 Å². The number of aromatic nitrogens is 2. The van der Waals surface area contributed by atoms with Gasteiger partial charge in [-0.25, -0.2) is 14.4 Å². The van der Waals surface area contributed by atoms with E-state index in [2.05, 4.69) is 48.3 Å². The Morgan fingerprint density at radius 2 is 1.52 bits per heavy atom. The van der Waals surface area contributed by atoms with Gasteiger partial charge in [0.1, 0.15) is 6.04 Å². The summed E-state index contributed by atoms with van der Waals surface area (Å²) >= 11 is 0. The van der Waals surface area contributed by atoms with Gasteiger partial charge in [0.05, 0.1) is 13.0 Å². The summed E-state index contributed by atoms with van der Waals surface area (Å²) < 4.78 is 20.4. The monoisotopic (exact) mass is 682 g/mol. The Morgan fingerprint density at radius 1 is 0.860 bits per heavy atom. The molecule has 1 heterocycles. The van der Waals surface area contributed by atoms with E-state index in [1.54, 1.807) is 36.7 Å². The van der Waals surface area contributed by atoms with Crippen LogP contribution in [-0.2, 0) is 21.4 Å². The maximum absolute atomic E-state index is 14.8. The van der Waals surface area contributed by atoms with Crippen LogP contribution in [-0.4, -0.2) is 52.1 Å². The Morgan fingerprint density at radius 3 is 2.14 bits per heavy atom. The first-order valence-electron chi connectivity index (χ1n) is 17.2. The van der Waals surface area contributed by atoms with E-state index in [-0.39, 0.29) is 30.6 Å². The molecule has 2 amide bonds. The molecule has 0 aliphatic carbocycles. The number of carboxylic acid groups (broad SMARTS) is 1. The molecule has 0 aliphatic rings. The van der Waals surface area contributed by atoms with Crippen LogP contribution in [0, 0.1) is 5.82 Å². The molecule has 1 atom stereocenters. The van der Waals surface area contributed by atoms with E-state index in [1.165, 1.54) is 18.9 Å². The number of unbranched alkanes of at least 4 members (excludes halogenated alkanes) is 4. The van der Waals surface area contributed by atoms with E-state index in [0.29, 0.717) is 29.1 Å². The predicted octanol–water partition coefficient (Wildman–Crippen LogP) is 7.53. The van der Waals surface area contributed by atoms with Crippen molar-refractivity contribution in [3.63, 3.8) is 0 Å². The molecule has 0 spiro atoms. The highest BCUT2D eigenvalue weighted by atomic mass is 19.1. The number of hydrogen-bond donors (Lipinski definition) is 3. The number of hydrogen-bond acceptors (Lipinski definition) is 6. The van der Waals surface area contributed by atoms with Crippen LogP contribution in [0.1, 0.15) is 87.7 Å². The zero-order valence-corrected chi connectivity index (χ0v) is 29.3. The lowest BCUT2D eigenvalue weighted by atomic mass is 9.86. The predicted molar refractivity (Wildman–Crippen MR) is 192 cm³/mol. The number of nitrogens with one attached hydrogen (secondary N) is 2. The molecule has 4 rings (SSSR count). The van der Waals surface area contributed by atoms with Gasteiger partial charge in [-0.3, -0.25) is 14.4 Å². The van der Waals surface area contributed by atoms with E-state index < -0.39 is 29.6 Å². The summed E-state index contributed by atoms with van der Waals surface area (Å²) in [4.78, 5) is 46.2. The summed E-state index contributed by atoms with van der Waals surface area (Å²) in [7, 11) is 0. The minimum atomic E-state index is -1.03. The van der Waals surface area contributed by atoms with E-state index in [9.17, 15) is 18.8 Å². The van der Waals surface area contributed by atoms with Gasteiger partial charge in [-0.05, 0) is 52.8 Å². The Labute approximate surface area is 293 Å². The number of aliphatic carboxylic acids is 1. The SMILES string of the molecule is CCCCCCCOc1ccc(-c2cnc(-c3ccc(CC(NC(=O)c4ccc(C(C)(C)C)cc4)C(=O)NCCC(=O)O)cc3)nc2)cc1F. The molecule has 9 nitrogen and oxygen atoms in total. The summed E-state index contributed by atoms with van der Waals surface area (Å²) in [5.74, 6) is -1.65. The number of amides is 2. The van der Waals surface area contributed by atoms with Crippen molar-refractivity contribution in [3.05, 3.63) is 102 Å². The number of nitrogens with zero attached hydrogens (tertiary/aromatic N) is 2. The number of halogens is 1. The molecular formula is C40H47FN4O5. The van der Waals surface area contributed by atoms with E-state index >= 15 is 0 Å². The molecule has 0 aliphatic heterocycles. The van der Waals surface area contributed by atoms with Crippen LogP contribution < -0.4 is 15.4 Å². The summed E-state index contributed by atoms with van der Waals surface area (Å²) in [6, 6.07) is 18.4. The third kappa shape index (κ3) is 11.2. The molecule has 0 saturated carbocycles. The molecule has 264 valence electrons. The molecule has 4 aromatic rings. The third-order valence-corrected chi connectivity index (χ3v) is 8.35. The standard InChI is InChI=1S/C40H47FN4O5/c1-5-6-7-8-9-22-50-35-19-16-30(24-33(35)41)31-25-43-37(44-26-31)28-12-10-27(11-13-28)23-34(39(49)42-21-20-36(46)47)45-38(48)29-14-17-32(18-15-29)40(2,3)4/h10-19,24-26,34H,5-9,20-23H2,1-4H3,(H,42,49)(H,45,48)(H,46,47). The molecular weight excluding hydrogens is 635 g/mol. The summed E-state index contributed by atoms with van der Waals surface area (Å²) in [6.07, 6.45) is 8.71. The van der Waals surface area contributed by atoms with Crippen LogP contribution in [0.2, 0.25) is 0 Å². The second kappa shape index (κ2) is 18.0. The van der Waals surface area contributed by atoms with Gasteiger partial charge in [0, 0.05) is 42.0 Å². The van der Waals surface area contributed by atoms with Crippen molar-refractivity contribution in [2.45, 2.75) is 84.1 Å². The molecule has 3 N–H and O–H groups in total. The molecule has 1 aromatic heterocycles. The maximum atomic E-state index is 14.8. The van der Waals surface area contributed by atoms with Gasteiger partial charge in [0.2, 0.25) is 5.91 Å². The lowest BCUT2D eigenvalue weighted by molar-refractivity contribution is -0.137. The Hall–Kier alpha value is -5.12. The van der Waals surface area contributed by atoms with Crippen molar-refractivity contribution in [2.75, 3.05) is 13.2 Å². The van der Waals surface area contributed by atoms with Gasteiger partial charge in [0.25, 0.3) is 5.91 Å². The topological polar surface area (TPSA) is 131 Å². The quantitative estimate of drug-likeness (QED) is 0.0982. The van der Waals surface area contributed by atoms with Crippen LogP contribution in [0.4, 0.5) is 4.39 Å². The molecule has 50 heavy (non-hydrogen) atoms. The fraction of sp³-hybridized carbons (Fsp3) is 0.375. The zero-order valence-electron chi connectivity index (χ0n) is 29.3. The van der Waals surface area contributed by atoms with Crippen molar-refractivity contribution < 1.29 is 28.6 Å². The maximum Gasteiger partial charge on any atom is 0.305 e. The van der Waals surface area contributed by atoms with Crippen LogP contribution in [0.15, 0.2) is 79.1 Å². The number of carbonyl (C=O) groups is 3. The number of carboxylic acids is 1. The van der Waals surface area contributed by atoms with E-state index in [0.717, 1.165) is 36.0 Å². The van der Waals surface area contributed by atoms with Gasteiger partial charge in [0.15, 0.2) is 17.4 Å². The fourth-order valence-corrected chi connectivity index (χ4v) is 5.33. The Kier molecular flexibility index (Phi) is 13.6. The second-order valence-electron chi connectivity index (χ2n) is 13.4. The van der Waals surface area contributed by atoms with Crippen LogP contribution in [0.3, 0.4) is 0 Å². The number of carbonyl (C=O) groups excluding carboxylic acids is 2. The van der Waals surface area contributed by atoms with Gasteiger partial charge >= 0.3 is 5.97 Å². The first-order chi connectivity index (χ1) is 23.9. The van der Waals surface area contributed by atoms with Gasteiger partial charge in [-0.15, -0.1) is 0 Å². The first kappa shape index (κ1) is 37.7. The highest BCUT2D eigenvalue weighted by Gasteiger charge is 2.23. The number of benzene rings is 3. The fourth-order valence-electron chi connectivity index (χ4n) is 5.33. The number of rotatable bonds is 17. The second-order valence-corrected chi connectivity index (χ2v) is 13.4. The van der Waals surface area contributed by atoms with Crippen molar-refractivity contribution in [2.24, 2.45) is 0 Å². The van der Waals surface area contributed by atoms with Crippen molar-refractivity contribution in [1.29, 1.82) is 0 Å². The normalized spacial score (nSPS) is 11.9. The molecule has 0 saturated heterocycles. The molecule has 10 heteroatoms. The molecule has 0 fully saturated rings. The van der Waals surface area contributed by atoms with Crippen molar-refractivity contribution in [3.8, 4) is 28.3 Å². The molecule has 3 aromatic carbocycles. The van der Waals surface area contributed by atoms with Crippen LogP contribution in [0.5, 0.6) is 5.75 Å². The van der Waals surface area contributed by atoms with E-state index in [4.69, 9.17) is 9.84 Å². The van der Waals surface area contributed by atoms with Gasteiger partial charge < -0.3 is 20.5 Å². The van der Waals surface area contributed by atoms with Crippen LogP contribution >= 0.6 is 0 Å². The lowest BCUT2D eigenvalue weighted by Gasteiger charge is -2.20. The summed E-state index contributed by atoms with van der Waals surface area (Å²) in [5.41, 5.74) is 4.22. The Bertz CT molecular complexity index is 1720. The average Bonchev–Trinajstić information content (AvgIpc) is 3.10. The van der Waals surface area contributed by atoms with Gasteiger partial charge in [-0.2, -0.15) is 0 Å². The Balaban J connectivity index is 1.40. The largest absolute Gasteiger partial charge is 0.491 e. The zero-order chi connectivity index (χ0) is 36.1. The molecule has 1 unspecified atom stereocenters. The minimum Gasteiger partial charge on any atom is -0.491 e. The summed E-state index contributed by atoms with van der Waals surface area (Å²) in [6.45, 7) is 8.85. The first-order valence-corrected chi connectivity index (χ1v) is 17.2. The van der Waals surface area contributed by atoms with E-state index in [1.807, 2.05) is 36.4 Å².